The lowest BCUT2D eigenvalue weighted by atomic mass is 9.98. The fraction of sp³-hybridized carbons (Fsp3) is 0. The molecule has 13 rings (SSSR count). The van der Waals surface area contributed by atoms with Crippen molar-refractivity contribution in [1.29, 1.82) is 0 Å². The first-order valence-corrected chi connectivity index (χ1v) is 22.4. The third-order valence-electron chi connectivity index (χ3n) is 12.9. The maximum Gasteiger partial charge on any atom is 0.0620 e. The molecule has 0 amide bonds. The highest BCUT2D eigenvalue weighted by Crippen LogP contribution is 2.50. The highest BCUT2D eigenvalue weighted by atomic mass is 32.1. The highest BCUT2D eigenvalue weighted by molar-refractivity contribution is 7.26. The van der Waals surface area contributed by atoms with Crippen LogP contribution in [0.4, 0.5) is 17.1 Å². The van der Waals surface area contributed by atoms with Crippen LogP contribution < -0.4 is 4.90 Å². The van der Waals surface area contributed by atoms with E-state index in [1.807, 2.05) is 11.3 Å². The fourth-order valence-corrected chi connectivity index (χ4v) is 11.3. The van der Waals surface area contributed by atoms with Crippen LogP contribution in [-0.4, -0.2) is 4.57 Å². The number of hydrogen-bond donors (Lipinski definition) is 0. The van der Waals surface area contributed by atoms with Crippen LogP contribution in [0.25, 0.3) is 102 Å². The molecule has 0 atom stereocenters. The van der Waals surface area contributed by atoms with E-state index in [-0.39, 0.29) is 0 Å². The second-order valence-corrected chi connectivity index (χ2v) is 17.5. The van der Waals surface area contributed by atoms with Crippen molar-refractivity contribution in [3.05, 3.63) is 231 Å². The summed E-state index contributed by atoms with van der Waals surface area (Å²) in [4.78, 5) is 2.52. The van der Waals surface area contributed by atoms with Crippen molar-refractivity contribution in [2.45, 2.75) is 0 Å². The van der Waals surface area contributed by atoms with Gasteiger partial charge in [-0.3, -0.25) is 0 Å². The van der Waals surface area contributed by atoms with E-state index in [0.717, 1.165) is 22.7 Å². The number of aromatic nitrogens is 1. The lowest BCUT2D eigenvalue weighted by Gasteiger charge is -2.28. The largest absolute Gasteiger partial charge is 0.309 e. The van der Waals surface area contributed by atoms with Crippen molar-refractivity contribution in [3.63, 3.8) is 0 Å². The van der Waals surface area contributed by atoms with Crippen LogP contribution >= 0.6 is 11.3 Å². The lowest BCUT2D eigenvalue weighted by molar-refractivity contribution is 1.19. The van der Waals surface area contributed by atoms with Crippen molar-refractivity contribution < 1.29 is 0 Å². The predicted octanol–water partition coefficient (Wildman–Crippen LogP) is 17.4. The number of benzene rings is 11. The van der Waals surface area contributed by atoms with E-state index in [1.165, 1.54) is 96.5 Å². The van der Waals surface area contributed by atoms with Gasteiger partial charge in [-0.1, -0.05) is 176 Å². The molecule has 294 valence electrons. The first-order valence-electron chi connectivity index (χ1n) is 21.6. The van der Waals surface area contributed by atoms with E-state index in [0.29, 0.717) is 0 Å². The summed E-state index contributed by atoms with van der Waals surface area (Å²) in [6, 6.07) is 84.8. The first-order chi connectivity index (χ1) is 31.2. The monoisotopic (exact) mass is 818 g/mol. The van der Waals surface area contributed by atoms with Crippen molar-refractivity contribution in [3.8, 4) is 27.9 Å². The maximum atomic E-state index is 2.52. The first kappa shape index (κ1) is 35.7. The quantitative estimate of drug-likeness (QED) is 0.162. The summed E-state index contributed by atoms with van der Waals surface area (Å²) in [5, 5.41) is 12.5. The minimum Gasteiger partial charge on any atom is -0.309 e. The summed E-state index contributed by atoms with van der Waals surface area (Å²) in [7, 11) is 0. The van der Waals surface area contributed by atoms with Crippen molar-refractivity contribution in [1.82, 2.24) is 4.57 Å². The molecule has 0 radical (unpaired) electrons. The molecule has 0 aliphatic heterocycles. The molecule has 0 unspecified atom stereocenters. The second-order valence-electron chi connectivity index (χ2n) is 16.5. The van der Waals surface area contributed by atoms with Gasteiger partial charge in [0, 0.05) is 47.7 Å². The minimum atomic E-state index is 1.10. The zero-order valence-corrected chi connectivity index (χ0v) is 35.1. The summed E-state index contributed by atoms with van der Waals surface area (Å²) >= 11 is 1.89. The van der Waals surface area contributed by atoms with Gasteiger partial charge in [-0.15, -0.1) is 11.3 Å². The molecule has 0 spiro atoms. The van der Waals surface area contributed by atoms with Gasteiger partial charge >= 0.3 is 0 Å². The van der Waals surface area contributed by atoms with Crippen molar-refractivity contribution >= 4 is 103 Å². The molecule has 0 bridgehead atoms. The summed E-state index contributed by atoms with van der Waals surface area (Å²) < 4.78 is 5.09. The van der Waals surface area contributed by atoms with Crippen LogP contribution in [0, 0.1) is 0 Å². The molecule has 63 heavy (non-hydrogen) atoms. The average Bonchev–Trinajstić information content (AvgIpc) is 3.92. The topological polar surface area (TPSA) is 8.17 Å². The van der Waals surface area contributed by atoms with Gasteiger partial charge in [0.1, 0.15) is 0 Å². The molecule has 0 saturated carbocycles. The highest BCUT2D eigenvalue weighted by Gasteiger charge is 2.25. The van der Waals surface area contributed by atoms with Gasteiger partial charge < -0.3 is 9.47 Å². The molecule has 13 aromatic rings. The van der Waals surface area contributed by atoms with Crippen molar-refractivity contribution in [2.75, 3.05) is 4.90 Å². The molecule has 2 nitrogen and oxygen atoms in total. The van der Waals surface area contributed by atoms with Gasteiger partial charge in [0.05, 0.1) is 22.4 Å². The van der Waals surface area contributed by atoms with Gasteiger partial charge in [-0.05, 0) is 104 Å². The summed E-state index contributed by atoms with van der Waals surface area (Å²) in [6.07, 6.45) is 0. The van der Waals surface area contributed by atoms with Crippen LogP contribution in [0.5, 0.6) is 0 Å². The molecule has 0 N–H and O–H groups in total. The number of anilines is 3. The summed E-state index contributed by atoms with van der Waals surface area (Å²) in [5.41, 5.74) is 11.7. The molecule has 0 fully saturated rings. The van der Waals surface area contributed by atoms with E-state index in [1.54, 1.807) is 0 Å². The van der Waals surface area contributed by atoms with E-state index < -0.39 is 0 Å². The minimum absolute atomic E-state index is 1.10. The molecule has 2 heterocycles. The Morgan fingerprint density at radius 3 is 1.73 bits per heavy atom. The SMILES string of the molecule is c1ccc(-c2cccc(-c3ccc(N(c4cccc5sc6c7ccccc7ccc6c45)c4cccc5c4c4ccc6ccccc6c4n5-c4ccc5ccccc5c4)cc3)c2)cc1. The molecule has 0 saturated heterocycles. The second kappa shape index (κ2) is 14.3. The van der Waals surface area contributed by atoms with Crippen LogP contribution in [0.2, 0.25) is 0 Å². The smallest absolute Gasteiger partial charge is 0.0620 e. The zero-order valence-electron chi connectivity index (χ0n) is 34.2. The van der Waals surface area contributed by atoms with Gasteiger partial charge in [-0.25, -0.2) is 0 Å². The van der Waals surface area contributed by atoms with Crippen LogP contribution in [0.3, 0.4) is 0 Å². The lowest BCUT2D eigenvalue weighted by Crippen LogP contribution is -2.11. The predicted molar refractivity (Wildman–Crippen MR) is 272 cm³/mol. The Labute approximate surface area is 368 Å². The van der Waals surface area contributed by atoms with Gasteiger partial charge in [-0.2, -0.15) is 0 Å². The maximum absolute atomic E-state index is 2.52. The van der Waals surface area contributed by atoms with Crippen LogP contribution in [0.1, 0.15) is 0 Å². The summed E-state index contributed by atoms with van der Waals surface area (Å²) in [5.74, 6) is 0. The normalized spacial score (nSPS) is 11.8. The summed E-state index contributed by atoms with van der Waals surface area (Å²) in [6.45, 7) is 0. The Balaban J connectivity index is 1.09. The van der Waals surface area contributed by atoms with Crippen LogP contribution in [0.15, 0.2) is 231 Å². The number of fused-ring (bicyclic) bond motifs is 11. The number of rotatable bonds is 6. The Morgan fingerprint density at radius 2 is 0.937 bits per heavy atom. The van der Waals surface area contributed by atoms with E-state index in [9.17, 15) is 0 Å². The molecular formula is C60H38N2S. The van der Waals surface area contributed by atoms with E-state index in [2.05, 4.69) is 240 Å². The van der Waals surface area contributed by atoms with Crippen LogP contribution in [-0.2, 0) is 0 Å². The Hall–Kier alpha value is -7.98. The Morgan fingerprint density at radius 1 is 0.349 bits per heavy atom. The molecular weight excluding hydrogens is 781 g/mol. The standard InChI is InChI=1S/C60H38N2S/c1-2-13-39(14-3-1)44-19-10-20-45(37-44)41-27-32-47(33-28-41)61(55-25-12-26-56-58(55)52-36-31-43-17-7-9-22-50(43)60(52)63-56)53-23-11-24-54-57(53)51-35-30-42-16-6-8-21-49(42)59(51)62(54)48-34-29-40-15-4-5-18-46(40)38-48/h1-38H. The molecule has 0 aliphatic rings. The third kappa shape index (κ3) is 5.71. The molecule has 2 aromatic heterocycles. The number of nitrogens with zero attached hydrogens (tertiary/aromatic N) is 2. The number of hydrogen-bond acceptors (Lipinski definition) is 2. The fourth-order valence-electron chi connectivity index (χ4n) is 10.0. The Kier molecular flexibility index (Phi) is 8.12. The van der Waals surface area contributed by atoms with Gasteiger partial charge in [0.2, 0.25) is 0 Å². The van der Waals surface area contributed by atoms with Gasteiger partial charge in [0.25, 0.3) is 0 Å². The molecule has 0 aliphatic carbocycles. The average molecular weight is 819 g/mol. The zero-order chi connectivity index (χ0) is 41.4. The molecule has 11 aromatic carbocycles. The van der Waals surface area contributed by atoms with E-state index >= 15 is 0 Å². The number of thiophene rings is 1. The Bertz CT molecular complexity index is 3910. The van der Waals surface area contributed by atoms with Gasteiger partial charge in [0.15, 0.2) is 0 Å². The van der Waals surface area contributed by atoms with E-state index in [4.69, 9.17) is 0 Å². The third-order valence-corrected chi connectivity index (χ3v) is 14.1. The van der Waals surface area contributed by atoms with Crippen molar-refractivity contribution in [2.24, 2.45) is 0 Å². The molecule has 3 heteroatoms.